The molecule has 5 unspecified atom stereocenters. The molecule has 0 N–H and O–H groups in total. The van der Waals surface area contributed by atoms with Crippen LogP contribution in [-0.2, 0) is 0 Å². The first-order valence-corrected chi connectivity index (χ1v) is 10.5. The molecular weight excluding hydrogens is 305 g/mol. The third-order valence-electron chi connectivity index (χ3n) is 6.69. The van der Waals surface area contributed by atoms with Gasteiger partial charge in [-0.25, -0.2) is 0 Å². The van der Waals surface area contributed by atoms with Crippen LogP contribution in [0, 0.1) is 11.3 Å². The predicted molar refractivity (Wildman–Crippen MR) is 106 cm³/mol. The van der Waals surface area contributed by atoms with Crippen molar-refractivity contribution in [2.24, 2.45) is 11.3 Å². The highest BCUT2D eigenvalue weighted by atomic mass is 32.1. The third kappa shape index (κ3) is 3.70. The first-order chi connectivity index (χ1) is 10.2. The van der Waals surface area contributed by atoms with Gasteiger partial charge in [0.15, 0.2) is 0 Å². The zero-order valence-electron chi connectivity index (χ0n) is 15.5. The average molecular weight is 344 g/mol. The van der Waals surface area contributed by atoms with Gasteiger partial charge in [-0.2, -0.15) is 12.6 Å². The van der Waals surface area contributed by atoms with Crippen molar-refractivity contribution in [3.8, 4) is 0 Å². The van der Waals surface area contributed by atoms with Crippen molar-refractivity contribution in [2.75, 3.05) is 13.1 Å². The molecule has 0 bridgehead atoms. The molecule has 2 fully saturated rings. The minimum absolute atomic E-state index is 0.254. The third-order valence-corrected chi connectivity index (χ3v) is 8.28. The Hall–Kier alpha value is 0.740. The molecule has 130 valence electrons. The number of hydrogen-bond donors (Lipinski definition) is 1. The maximum Gasteiger partial charge on any atom is 0.0202 e. The normalized spacial score (nSPS) is 33.5. The van der Waals surface area contributed by atoms with Crippen LogP contribution in [0.1, 0.15) is 79.6 Å². The van der Waals surface area contributed by atoms with E-state index in [1.54, 1.807) is 0 Å². The molecular formula is C19H38NPS. The van der Waals surface area contributed by atoms with Crippen LogP contribution in [0.15, 0.2) is 0 Å². The lowest BCUT2D eigenvalue weighted by atomic mass is 9.78. The van der Waals surface area contributed by atoms with Gasteiger partial charge < -0.3 is 4.90 Å². The second-order valence-corrected chi connectivity index (χ2v) is 11.0. The molecule has 1 saturated carbocycles. The molecule has 1 heterocycles. The monoisotopic (exact) mass is 343 g/mol. The molecule has 1 aliphatic carbocycles. The number of hydrogen-bond acceptors (Lipinski definition) is 2. The summed E-state index contributed by atoms with van der Waals surface area (Å²) in [6, 6.07) is 0.691. The first-order valence-electron chi connectivity index (χ1n) is 9.45. The molecule has 1 aliphatic heterocycles. The number of piperidine rings is 1. The highest BCUT2D eigenvalue weighted by Crippen LogP contribution is 2.68. The summed E-state index contributed by atoms with van der Waals surface area (Å²) in [5, 5.41) is 0.386. The van der Waals surface area contributed by atoms with Gasteiger partial charge in [-0.05, 0) is 57.0 Å². The molecule has 0 aromatic heterocycles. The van der Waals surface area contributed by atoms with E-state index in [1.165, 1.54) is 58.0 Å². The van der Waals surface area contributed by atoms with E-state index in [0.717, 1.165) is 5.92 Å². The zero-order chi connectivity index (χ0) is 16.6. The van der Waals surface area contributed by atoms with Crippen molar-refractivity contribution < 1.29 is 0 Å². The zero-order valence-corrected chi connectivity index (χ0v) is 17.5. The lowest BCUT2D eigenvalue weighted by molar-refractivity contribution is 0.199. The number of fused-ring (bicyclic) bond motifs is 1. The quantitative estimate of drug-likeness (QED) is 0.433. The summed E-state index contributed by atoms with van der Waals surface area (Å²) in [5.41, 5.74) is 0.518. The lowest BCUT2D eigenvalue weighted by Gasteiger charge is -2.40. The predicted octanol–water partition coefficient (Wildman–Crippen LogP) is 5.40. The van der Waals surface area contributed by atoms with Gasteiger partial charge in [0.2, 0.25) is 0 Å². The summed E-state index contributed by atoms with van der Waals surface area (Å²) in [6.45, 7) is 14.3. The fourth-order valence-electron chi connectivity index (χ4n) is 4.40. The van der Waals surface area contributed by atoms with E-state index >= 15 is 0 Å². The highest BCUT2D eigenvalue weighted by Gasteiger charge is 2.68. The number of thiol groups is 1. The van der Waals surface area contributed by atoms with E-state index < -0.39 is 0 Å². The summed E-state index contributed by atoms with van der Waals surface area (Å²) in [7, 11) is 3.10. The topological polar surface area (TPSA) is 3.24 Å². The van der Waals surface area contributed by atoms with Crippen LogP contribution in [0.4, 0.5) is 0 Å². The van der Waals surface area contributed by atoms with E-state index in [0.29, 0.717) is 16.6 Å². The molecule has 3 heteroatoms. The van der Waals surface area contributed by atoms with Crippen molar-refractivity contribution in [1.82, 2.24) is 4.90 Å². The van der Waals surface area contributed by atoms with E-state index in [4.69, 9.17) is 12.6 Å². The Labute approximate surface area is 147 Å². The van der Waals surface area contributed by atoms with Gasteiger partial charge in [0.05, 0.1) is 0 Å². The number of likely N-dealkylation sites (tertiary alicyclic amines) is 1. The fourth-order valence-corrected chi connectivity index (χ4v) is 5.15. The van der Waals surface area contributed by atoms with Crippen LogP contribution in [0.25, 0.3) is 0 Å². The largest absolute Gasteiger partial charge is 0.300 e. The van der Waals surface area contributed by atoms with Crippen molar-refractivity contribution in [1.29, 1.82) is 0 Å². The molecule has 0 aromatic rings. The minimum Gasteiger partial charge on any atom is -0.300 e. The van der Waals surface area contributed by atoms with Crippen molar-refractivity contribution in [2.45, 2.75) is 95.5 Å². The maximum absolute atomic E-state index is 5.40. The SMILES string of the molecule is CCCCC(S)(CCC(C)(P)CC)C12CC1CN(C(C)C)C2. The van der Waals surface area contributed by atoms with Gasteiger partial charge in [0.25, 0.3) is 0 Å². The van der Waals surface area contributed by atoms with Crippen molar-refractivity contribution >= 4 is 21.9 Å². The Bertz CT molecular complexity index is 384. The van der Waals surface area contributed by atoms with Gasteiger partial charge >= 0.3 is 0 Å². The van der Waals surface area contributed by atoms with E-state index in [1.807, 2.05) is 0 Å². The molecule has 1 nitrogen and oxygen atoms in total. The Morgan fingerprint density at radius 2 is 1.95 bits per heavy atom. The molecule has 2 rings (SSSR count). The molecule has 22 heavy (non-hydrogen) atoms. The smallest absolute Gasteiger partial charge is 0.0202 e. The molecule has 0 amide bonds. The van der Waals surface area contributed by atoms with Gasteiger partial charge in [-0.3, -0.25) is 0 Å². The lowest BCUT2D eigenvalue weighted by Crippen LogP contribution is -2.41. The summed E-state index contributed by atoms with van der Waals surface area (Å²) in [5.74, 6) is 0.918. The summed E-state index contributed by atoms with van der Waals surface area (Å²) in [6.07, 6.45) is 9.18. The van der Waals surface area contributed by atoms with Crippen LogP contribution in [0.3, 0.4) is 0 Å². The van der Waals surface area contributed by atoms with Gasteiger partial charge in [-0.15, -0.1) is 9.24 Å². The number of nitrogens with zero attached hydrogens (tertiary/aromatic N) is 1. The maximum atomic E-state index is 5.40. The van der Waals surface area contributed by atoms with Crippen LogP contribution >= 0.6 is 21.9 Å². The van der Waals surface area contributed by atoms with E-state index in [2.05, 4.69) is 48.8 Å². The van der Waals surface area contributed by atoms with Crippen LogP contribution < -0.4 is 0 Å². The summed E-state index contributed by atoms with van der Waals surface area (Å²) in [4.78, 5) is 2.70. The van der Waals surface area contributed by atoms with Crippen LogP contribution in [0.5, 0.6) is 0 Å². The second kappa shape index (κ2) is 6.93. The average Bonchev–Trinajstić information content (AvgIpc) is 3.05. The van der Waals surface area contributed by atoms with Crippen molar-refractivity contribution in [3.05, 3.63) is 0 Å². The first kappa shape index (κ1) is 19.1. The van der Waals surface area contributed by atoms with Crippen LogP contribution in [-0.4, -0.2) is 33.9 Å². The highest BCUT2D eigenvalue weighted by molar-refractivity contribution is 7.81. The van der Waals surface area contributed by atoms with Gasteiger partial charge in [0, 0.05) is 29.3 Å². The second-order valence-electron chi connectivity index (χ2n) is 8.72. The van der Waals surface area contributed by atoms with E-state index in [-0.39, 0.29) is 4.75 Å². The number of unbranched alkanes of at least 4 members (excludes halogenated alkanes) is 1. The molecule has 0 spiro atoms. The molecule has 2 aliphatic rings. The molecule has 0 aromatic carbocycles. The van der Waals surface area contributed by atoms with E-state index in [9.17, 15) is 0 Å². The van der Waals surface area contributed by atoms with Crippen LogP contribution in [0.2, 0.25) is 0 Å². The Morgan fingerprint density at radius 3 is 2.45 bits per heavy atom. The Morgan fingerprint density at radius 1 is 1.27 bits per heavy atom. The van der Waals surface area contributed by atoms with Gasteiger partial charge in [-0.1, -0.05) is 33.6 Å². The Balaban J connectivity index is 2.09. The molecule has 1 saturated heterocycles. The van der Waals surface area contributed by atoms with Crippen molar-refractivity contribution in [3.63, 3.8) is 0 Å². The van der Waals surface area contributed by atoms with Gasteiger partial charge in [0.1, 0.15) is 0 Å². The molecule has 0 radical (unpaired) electrons. The minimum atomic E-state index is 0.254. The fraction of sp³-hybridized carbons (Fsp3) is 1.00. The number of rotatable bonds is 9. The standard InChI is InChI=1S/C19H38NPS/c1-6-8-9-19(22,11-10-17(5,21)7-2)18-12-16(18)13-20(14-18)15(3)4/h15-16,22H,6-14,21H2,1-5H3. The molecule has 5 atom stereocenters. The summed E-state index contributed by atoms with van der Waals surface area (Å²) < 4.78 is 0.254. The Kier molecular flexibility index (Phi) is 6.01. The summed E-state index contributed by atoms with van der Waals surface area (Å²) >= 11 is 5.40.